The van der Waals surface area contributed by atoms with E-state index in [4.69, 9.17) is 4.74 Å². The van der Waals surface area contributed by atoms with Gasteiger partial charge in [0.25, 0.3) is 0 Å². The third-order valence-corrected chi connectivity index (χ3v) is 4.75. The van der Waals surface area contributed by atoms with E-state index in [9.17, 15) is 4.79 Å². The minimum absolute atomic E-state index is 0.0553. The third kappa shape index (κ3) is 4.31. The van der Waals surface area contributed by atoms with Crippen molar-refractivity contribution in [3.05, 3.63) is 60.2 Å². The van der Waals surface area contributed by atoms with Gasteiger partial charge in [-0.3, -0.25) is 4.90 Å². The fourth-order valence-corrected chi connectivity index (χ4v) is 3.16. The molecule has 1 N–H and O–H groups in total. The van der Waals surface area contributed by atoms with E-state index in [0.29, 0.717) is 6.04 Å². The maximum Gasteiger partial charge on any atom is 0.321 e. The van der Waals surface area contributed by atoms with Crippen LogP contribution in [0.15, 0.2) is 54.6 Å². The maximum atomic E-state index is 12.5. The number of carbonyl (C=O) groups excluding carboxylic acids is 1. The Hall–Kier alpha value is -2.53. The Kier molecular flexibility index (Phi) is 5.56. The largest absolute Gasteiger partial charge is 0.497 e. The number of piperazine rings is 1. The highest BCUT2D eigenvalue weighted by Crippen LogP contribution is 2.22. The number of benzene rings is 2. The molecule has 5 nitrogen and oxygen atoms in total. The molecule has 1 saturated heterocycles. The van der Waals surface area contributed by atoms with Crippen molar-refractivity contribution >= 4 is 11.7 Å². The first-order chi connectivity index (χ1) is 12.2. The van der Waals surface area contributed by atoms with Crippen molar-refractivity contribution in [1.29, 1.82) is 0 Å². The van der Waals surface area contributed by atoms with Crippen molar-refractivity contribution in [2.45, 2.75) is 13.0 Å². The van der Waals surface area contributed by atoms with Gasteiger partial charge in [-0.2, -0.15) is 0 Å². The number of hydrogen-bond donors (Lipinski definition) is 1. The molecule has 3 rings (SSSR count). The van der Waals surface area contributed by atoms with Crippen LogP contribution in [0.2, 0.25) is 0 Å². The quantitative estimate of drug-likeness (QED) is 0.925. The predicted molar refractivity (Wildman–Crippen MR) is 100 cm³/mol. The molecule has 0 bridgehead atoms. The fourth-order valence-electron chi connectivity index (χ4n) is 3.16. The Labute approximate surface area is 149 Å². The average Bonchev–Trinajstić information content (AvgIpc) is 2.68. The van der Waals surface area contributed by atoms with E-state index < -0.39 is 0 Å². The zero-order valence-corrected chi connectivity index (χ0v) is 14.8. The molecule has 1 atom stereocenters. The first-order valence-electron chi connectivity index (χ1n) is 8.66. The summed E-state index contributed by atoms with van der Waals surface area (Å²) in [4.78, 5) is 16.8. The number of methoxy groups -OCH3 is 1. The zero-order chi connectivity index (χ0) is 17.6. The van der Waals surface area contributed by atoms with Crippen LogP contribution in [0, 0.1) is 0 Å². The Balaban J connectivity index is 1.54. The van der Waals surface area contributed by atoms with E-state index in [2.05, 4.69) is 41.4 Å². The number of carbonyl (C=O) groups is 1. The Morgan fingerprint density at radius 2 is 1.76 bits per heavy atom. The minimum Gasteiger partial charge on any atom is -0.497 e. The molecule has 0 saturated carbocycles. The van der Waals surface area contributed by atoms with Crippen molar-refractivity contribution in [1.82, 2.24) is 9.80 Å². The second-order valence-corrected chi connectivity index (χ2v) is 6.27. The average molecular weight is 339 g/mol. The summed E-state index contributed by atoms with van der Waals surface area (Å²) >= 11 is 0. The van der Waals surface area contributed by atoms with Gasteiger partial charge in [0.1, 0.15) is 5.75 Å². The SMILES string of the molecule is COc1cccc(NC(=O)N2CCN(C(C)c3ccccc3)CC2)c1. The summed E-state index contributed by atoms with van der Waals surface area (Å²) in [5, 5.41) is 2.95. The highest BCUT2D eigenvalue weighted by Gasteiger charge is 2.24. The van der Waals surface area contributed by atoms with Crippen LogP contribution in [0.5, 0.6) is 5.75 Å². The van der Waals surface area contributed by atoms with Crippen LogP contribution >= 0.6 is 0 Å². The summed E-state index contributed by atoms with van der Waals surface area (Å²) in [6.07, 6.45) is 0. The number of anilines is 1. The van der Waals surface area contributed by atoms with E-state index in [-0.39, 0.29) is 6.03 Å². The monoisotopic (exact) mass is 339 g/mol. The lowest BCUT2D eigenvalue weighted by atomic mass is 10.1. The van der Waals surface area contributed by atoms with Crippen LogP contribution in [0.3, 0.4) is 0 Å². The molecular formula is C20H25N3O2. The lowest BCUT2D eigenvalue weighted by Crippen LogP contribution is -2.50. The third-order valence-electron chi connectivity index (χ3n) is 4.75. The number of nitrogens with one attached hydrogen (secondary N) is 1. The van der Waals surface area contributed by atoms with Crippen LogP contribution in [0.1, 0.15) is 18.5 Å². The Morgan fingerprint density at radius 1 is 1.04 bits per heavy atom. The van der Waals surface area contributed by atoms with Gasteiger partial charge in [-0.1, -0.05) is 36.4 Å². The maximum absolute atomic E-state index is 12.5. The van der Waals surface area contributed by atoms with Gasteiger partial charge in [0.2, 0.25) is 0 Å². The van der Waals surface area contributed by atoms with Gasteiger partial charge < -0.3 is 15.0 Å². The Bertz CT molecular complexity index is 697. The summed E-state index contributed by atoms with van der Waals surface area (Å²) in [6, 6.07) is 18.2. The van der Waals surface area contributed by atoms with Gasteiger partial charge in [-0.05, 0) is 24.6 Å². The number of ether oxygens (including phenoxy) is 1. The summed E-state index contributed by atoms with van der Waals surface area (Å²) < 4.78 is 5.19. The van der Waals surface area contributed by atoms with Gasteiger partial charge in [0, 0.05) is 44.0 Å². The number of rotatable bonds is 4. The normalized spacial score (nSPS) is 16.3. The highest BCUT2D eigenvalue weighted by atomic mass is 16.5. The van der Waals surface area contributed by atoms with Crippen molar-refractivity contribution < 1.29 is 9.53 Å². The summed E-state index contributed by atoms with van der Waals surface area (Å²) in [6.45, 7) is 5.43. The zero-order valence-electron chi connectivity index (χ0n) is 14.8. The molecule has 5 heteroatoms. The molecule has 1 heterocycles. The first kappa shape index (κ1) is 17.3. The molecule has 0 aliphatic carbocycles. The smallest absolute Gasteiger partial charge is 0.321 e. The summed E-state index contributed by atoms with van der Waals surface area (Å²) in [5.74, 6) is 0.735. The molecule has 2 aromatic rings. The summed E-state index contributed by atoms with van der Waals surface area (Å²) in [7, 11) is 1.62. The van der Waals surface area contributed by atoms with Crippen LogP contribution < -0.4 is 10.1 Å². The van der Waals surface area contributed by atoms with Crippen LogP contribution in [0.25, 0.3) is 0 Å². The van der Waals surface area contributed by atoms with E-state index in [0.717, 1.165) is 37.6 Å². The van der Waals surface area contributed by atoms with Crippen LogP contribution in [-0.4, -0.2) is 49.1 Å². The van der Waals surface area contributed by atoms with Gasteiger partial charge >= 0.3 is 6.03 Å². The molecule has 0 spiro atoms. The van der Waals surface area contributed by atoms with Crippen molar-refractivity contribution in [3.63, 3.8) is 0 Å². The molecule has 2 aromatic carbocycles. The van der Waals surface area contributed by atoms with Crippen LogP contribution in [-0.2, 0) is 0 Å². The van der Waals surface area contributed by atoms with Gasteiger partial charge in [0.15, 0.2) is 0 Å². The molecule has 1 aliphatic rings. The van der Waals surface area contributed by atoms with E-state index in [1.807, 2.05) is 35.2 Å². The number of amides is 2. The topological polar surface area (TPSA) is 44.8 Å². The molecule has 132 valence electrons. The van der Waals surface area contributed by atoms with E-state index in [1.165, 1.54) is 5.56 Å². The molecule has 0 aromatic heterocycles. The lowest BCUT2D eigenvalue weighted by Gasteiger charge is -2.38. The lowest BCUT2D eigenvalue weighted by molar-refractivity contribution is 0.119. The Morgan fingerprint density at radius 3 is 2.44 bits per heavy atom. The molecular weight excluding hydrogens is 314 g/mol. The molecule has 1 fully saturated rings. The van der Waals surface area contributed by atoms with Crippen molar-refractivity contribution in [3.8, 4) is 5.75 Å². The number of urea groups is 1. The van der Waals surface area contributed by atoms with Gasteiger partial charge in [-0.15, -0.1) is 0 Å². The molecule has 1 unspecified atom stereocenters. The first-order valence-corrected chi connectivity index (χ1v) is 8.66. The standard InChI is InChI=1S/C20H25N3O2/c1-16(17-7-4-3-5-8-17)22-11-13-23(14-12-22)20(24)21-18-9-6-10-19(15-18)25-2/h3-10,15-16H,11-14H2,1-2H3,(H,21,24). The van der Waals surface area contributed by atoms with Gasteiger partial charge in [-0.25, -0.2) is 4.79 Å². The van der Waals surface area contributed by atoms with Gasteiger partial charge in [0.05, 0.1) is 7.11 Å². The summed E-state index contributed by atoms with van der Waals surface area (Å²) in [5.41, 5.74) is 2.07. The molecule has 25 heavy (non-hydrogen) atoms. The van der Waals surface area contributed by atoms with Crippen molar-refractivity contribution in [2.24, 2.45) is 0 Å². The highest BCUT2D eigenvalue weighted by molar-refractivity contribution is 5.89. The second-order valence-electron chi connectivity index (χ2n) is 6.27. The number of nitrogens with zero attached hydrogens (tertiary/aromatic N) is 2. The predicted octanol–water partition coefficient (Wildman–Crippen LogP) is 3.61. The molecule has 1 aliphatic heterocycles. The molecule has 2 amide bonds. The van der Waals surface area contributed by atoms with E-state index >= 15 is 0 Å². The second kappa shape index (κ2) is 8.03. The van der Waals surface area contributed by atoms with E-state index in [1.54, 1.807) is 7.11 Å². The minimum atomic E-state index is -0.0553. The fraction of sp³-hybridized carbons (Fsp3) is 0.350. The number of hydrogen-bond acceptors (Lipinski definition) is 3. The molecule has 0 radical (unpaired) electrons. The van der Waals surface area contributed by atoms with Crippen molar-refractivity contribution in [2.75, 3.05) is 38.6 Å². The van der Waals surface area contributed by atoms with Crippen LogP contribution in [0.4, 0.5) is 10.5 Å².